The Labute approximate surface area is 126 Å². The predicted octanol–water partition coefficient (Wildman–Crippen LogP) is 2.43. The Morgan fingerprint density at radius 1 is 1.36 bits per heavy atom. The number of hydrogen-bond donors (Lipinski definition) is 2. The van der Waals surface area contributed by atoms with Gasteiger partial charge in [-0.2, -0.15) is 4.98 Å². The predicted molar refractivity (Wildman–Crippen MR) is 81.1 cm³/mol. The lowest BCUT2D eigenvalue weighted by Crippen LogP contribution is -2.25. The van der Waals surface area contributed by atoms with Crippen molar-refractivity contribution in [2.45, 2.75) is 31.7 Å². The molecule has 0 aliphatic heterocycles. The summed E-state index contributed by atoms with van der Waals surface area (Å²) in [5.74, 6) is 1.09. The van der Waals surface area contributed by atoms with Crippen molar-refractivity contribution in [2.75, 3.05) is 0 Å². The molecule has 0 bridgehead atoms. The molecule has 1 aliphatic carbocycles. The van der Waals surface area contributed by atoms with Crippen LogP contribution in [0.1, 0.15) is 25.2 Å². The van der Waals surface area contributed by atoms with Crippen LogP contribution in [0.2, 0.25) is 0 Å². The smallest absolute Gasteiger partial charge is 0.227 e. The van der Waals surface area contributed by atoms with E-state index >= 15 is 0 Å². The molecule has 0 radical (unpaired) electrons. The van der Waals surface area contributed by atoms with Crippen molar-refractivity contribution >= 4 is 16.8 Å². The van der Waals surface area contributed by atoms with Gasteiger partial charge in [-0.25, -0.2) is 0 Å². The second-order valence-corrected chi connectivity index (χ2v) is 5.63. The summed E-state index contributed by atoms with van der Waals surface area (Å²) >= 11 is 0. The molecular weight excluding hydrogens is 280 g/mol. The summed E-state index contributed by atoms with van der Waals surface area (Å²) < 4.78 is 5.23. The topological polar surface area (TPSA) is 83.8 Å². The first-order valence-electron chi connectivity index (χ1n) is 7.47. The third-order valence-electron chi connectivity index (χ3n) is 3.79. The number of aryl methyl sites for hydroxylation is 1. The number of amides is 1. The lowest BCUT2D eigenvalue weighted by Gasteiger charge is -1.99. The van der Waals surface area contributed by atoms with Crippen LogP contribution in [-0.2, 0) is 11.2 Å². The molecule has 1 aliphatic rings. The zero-order chi connectivity index (χ0) is 14.9. The van der Waals surface area contributed by atoms with Gasteiger partial charge in [-0.15, -0.1) is 0 Å². The van der Waals surface area contributed by atoms with E-state index in [0.29, 0.717) is 30.6 Å². The number of nitrogens with zero attached hydrogens (tertiary/aromatic N) is 2. The van der Waals surface area contributed by atoms with Crippen LogP contribution in [0.5, 0.6) is 0 Å². The van der Waals surface area contributed by atoms with E-state index in [9.17, 15) is 4.79 Å². The minimum atomic E-state index is 0.0510. The molecule has 6 heteroatoms. The van der Waals surface area contributed by atoms with Gasteiger partial charge in [0.1, 0.15) is 0 Å². The third kappa shape index (κ3) is 2.72. The van der Waals surface area contributed by atoms with Crippen LogP contribution in [0.3, 0.4) is 0 Å². The van der Waals surface area contributed by atoms with Gasteiger partial charge in [-0.1, -0.05) is 17.3 Å². The SMILES string of the molecule is O=C(CCc1nc(-c2ccc3cc[nH]c3c2)no1)NC1CC1. The first-order valence-corrected chi connectivity index (χ1v) is 7.47. The normalized spacial score (nSPS) is 14.4. The van der Waals surface area contributed by atoms with Gasteiger partial charge in [-0.3, -0.25) is 4.79 Å². The van der Waals surface area contributed by atoms with E-state index < -0.39 is 0 Å². The van der Waals surface area contributed by atoms with Crippen molar-refractivity contribution in [3.05, 3.63) is 36.4 Å². The number of hydrogen-bond acceptors (Lipinski definition) is 4. The molecule has 1 fully saturated rings. The Morgan fingerprint density at radius 3 is 3.14 bits per heavy atom. The van der Waals surface area contributed by atoms with Gasteiger partial charge in [0.2, 0.25) is 17.6 Å². The van der Waals surface area contributed by atoms with Crippen molar-refractivity contribution in [3.8, 4) is 11.4 Å². The summed E-state index contributed by atoms with van der Waals surface area (Å²) in [7, 11) is 0. The van der Waals surface area contributed by atoms with Crippen LogP contribution in [0.25, 0.3) is 22.3 Å². The number of aromatic amines is 1. The fourth-order valence-corrected chi connectivity index (χ4v) is 2.41. The Morgan fingerprint density at radius 2 is 2.27 bits per heavy atom. The average molecular weight is 296 g/mol. The molecular formula is C16H16N4O2. The van der Waals surface area contributed by atoms with E-state index in [1.54, 1.807) is 0 Å². The summed E-state index contributed by atoms with van der Waals surface area (Å²) in [6.45, 7) is 0. The molecule has 0 unspecified atom stereocenters. The summed E-state index contributed by atoms with van der Waals surface area (Å²) in [6.07, 6.45) is 4.94. The number of fused-ring (bicyclic) bond motifs is 1. The molecule has 3 aromatic rings. The number of rotatable bonds is 5. The second kappa shape index (κ2) is 5.29. The average Bonchev–Trinajstić information content (AvgIpc) is 3.05. The molecule has 6 nitrogen and oxygen atoms in total. The fourth-order valence-electron chi connectivity index (χ4n) is 2.41. The minimum Gasteiger partial charge on any atom is -0.361 e. The Bertz CT molecular complexity index is 816. The van der Waals surface area contributed by atoms with Gasteiger partial charge >= 0.3 is 0 Å². The van der Waals surface area contributed by atoms with Gasteiger partial charge in [0.25, 0.3) is 0 Å². The van der Waals surface area contributed by atoms with E-state index in [1.165, 1.54) is 0 Å². The molecule has 4 rings (SSSR count). The first-order chi connectivity index (χ1) is 10.8. The maximum absolute atomic E-state index is 11.7. The quantitative estimate of drug-likeness (QED) is 0.757. The van der Waals surface area contributed by atoms with E-state index in [2.05, 4.69) is 20.4 Å². The number of H-pyrrole nitrogens is 1. The van der Waals surface area contributed by atoms with Gasteiger partial charge in [0.15, 0.2) is 0 Å². The van der Waals surface area contributed by atoms with E-state index in [-0.39, 0.29) is 5.91 Å². The molecule has 0 saturated heterocycles. The van der Waals surface area contributed by atoms with Gasteiger partial charge in [0.05, 0.1) is 0 Å². The fraction of sp³-hybridized carbons (Fsp3) is 0.312. The molecule has 2 aromatic heterocycles. The van der Waals surface area contributed by atoms with Crippen LogP contribution >= 0.6 is 0 Å². The second-order valence-electron chi connectivity index (χ2n) is 5.63. The van der Waals surface area contributed by atoms with Crippen molar-refractivity contribution in [1.29, 1.82) is 0 Å². The lowest BCUT2D eigenvalue weighted by molar-refractivity contribution is -0.121. The number of carbonyl (C=O) groups excluding carboxylic acids is 1. The molecule has 1 amide bonds. The summed E-state index contributed by atoms with van der Waals surface area (Å²) in [5, 5.41) is 8.09. The first kappa shape index (κ1) is 13.1. The highest BCUT2D eigenvalue weighted by atomic mass is 16.5. The van der Waals surface area contributed by atoms with Gasteiger partial charge in [-0.05, 0) is 30.4 Å². The summed E-state index contributed by atoms with van der Waals surface area (Å²) in [5.41, 5.74) is 1.93. The van der Waals surface area contributed by atoms with Crippen molar-refractivity contribution in [1.82, 2.24) is 20.4 Å². The molecule has 22 heavy (non-hydrogen) atoms. The highest BCUT2D eigenvalue weighted by molar-refractivity contribution is 5.83. The zero-order valence-electron chi connectivity index (χ0n) is 12.0. The van der Waals surface area contributed by atoms with Crippen LogP contribution in [0.4, 0.5) is 0 Å². The standard InChI is InChI=1S/C16H16N4O2/c21-14(18-12-3-4-12)5-6-15-19-16(20-22-15)11-2-1-10-7-8-17-13(10)9-11/h1-2,7-9,12,17H,3-6H2,(H,18,21). The molecule has 0 atom stereocenters. The Hall–Kier alpha value is -2.63. The van der Waals surface area contributed by atoms with Crippen molar-refractivity contribution < 1.29 is 9.32 Å². The maximum atomic E-state index is 11.7. The molecule has 0 spiro atoms. The molecule has 112 valence electrons. The number of aromatic nitrogens is 3. The molecule has 2 heterocycles. The van der Waals surface area contributed by atoms with Crippen LogP contribution in [0, 0.1) is 0 Å². The van der Waals surface area contributed by atoms with Gasteiger partial charge < -0.3 is 14.8 Å². The zero-order valence-corrected chi connectivity index (χ0v) is 12.0. The Kier molecular flexibility index (Phi) is 3.14. The number of carbonyl (C=O) groups is 1. The highest BCUT2D eigenvalue weighted by Crippen LogP contribution is 2.22. The van der Waals surface area contributed by atoms with Crippen molar-refractivity contribution in [3.63, 3.8) is 0 Å². The van der Waals surface area contributed by atoms with E-state index in [1.807, 2.05) is 30.5 Å². The Balaban J connectivity index is 1.44. The van der Waals surface area contributed by atoms with Crippen LogP contribution in [0.15, 0.2) is 35.0 Å². The van der Waals surface area contributed by atoms with Gasteiger partial charge in [0, 0.05) is 36.2 Å². The third-order valence-corrected chi connectivity index (χ3v) is 3.79. The number of nitrogens with one attached hydrogen (secondary N) is 2. The monoisotopic (exact) mass is 296 g/mol. The largest absolute Gasteiger partial charge is 0.361 e. The lowest BCUT2D eigenvalue weighted by atomic mass is 10.1. The highest BCUT2D eigenvalue weighted by Gasteiger charge is 2.23. The van der Waals surface area contributed by atoms with E-state index in [0.717, 1.165) is 29.3 Å². The molecule has 2 N–H and O–H groups in total. The number of benzene rings is 1. The summed E-state index contributed by atoms with van der Waals surface area (Å²) in [6, 6.07) is 8.37. The summed E-state index contributed by atoms with van der Waals surface area (Å²) in [4.78, 5) is 19.2. The van der Waals surface area contributed by atoms with Crippen molar-refractivity contribution in [2.24, 2.45) is 0 Å². The van der Waals surface area contributed by atoms with Crippen LogP contribution < -0.4 is 5.32 Å². The molecule has 1 aromatic carbocycles. The van der Waals surface area contributed by atoms with E-state index in [4.69, 9.17) is 4.52 Å². The molecule has 1 saturated carbocycles. The minimum absolute atomic E-state index is 0.0510. The van der Waals surface area contributed by atoms with Crippen LogP contribution in [-0.4, -0.2) is 27.1 Å². The maximum Gasteiger partial charge on any atom is 0.227 e.